The molecule has 0 spiro atoms. The molecule has 0 unspecified atom stereocenters. The van der Waals surface area contributed by atoms with Crippen molar-refractivity contribution in [1.82, 2.24) is 9.97 Å². The van der Waals surface area contributed by atoms with Gasteiger partial charge in [0.25, 0.3) is 0 Å². The molecule has 0 bridgehead atoms. The molecular weight excluding hydrogens is 441 g/mol. The first kappa shape index (κ1) is 23.6. The van der Waals surface area contributed by atoms with Gasteiger partial charge in [0.1, 0.15) is 5.82 Å². The van der Waals surface area contributed by atoms with Crippen LogP contribution in [0.1, 0.15) is 16.7 Å². The lowest BCUT2D eigenvalue weighted by molar-refractivity contribution is -0.107. The Labute approximate surface area is 203 Å². The average molecular weight is 466 g/mol. The number of anilines is 2. The lowest BCUT2D eigenvalue weighted by Gasteiger charge is -2.22. The van der Waals surface area contributed by atoms with Crippen molar-refractivity contribution in [2.24, 2.45) is 0 Å². The molecular formula is C28H24FN5O. The predicted octanol–water partition coefficient (Wildman–Crippen LogP) is 5.17. The molecule has 4 rings (SSSR count). The van der Waals surface area contributed by atoms with E-state index in [4.69, 9.17) is 4.98 Å². The predicted molar refractivity (Wildman–Crippen MR) is 134 cm³/mol. The third-order valence-corrected chi connectivity index (χ3v) is 5.54. The molecule has 0 atom stereocenters. The lowest BCUT2D eigenvalue weighted by Crippen LogP contribution is -2.23. The highest BCUT2D eigenvalue weighted by atomic mass is 19.1. The fraction of sp³-hybridized carbons (Fsp3) is 0.143. The zero-order valence-corrected chi connectivity index (χ0v) is 19.1. The summed E-state index contributed by atoms with van der Waals surface area (Å²) in [5, 5.41) is 12.5. The van der Waals surface area contributed by atoms with E-state index in [2.05, 4.69) is 16.4 Å². The Hall–Kier alpha value is -4.57. The highest BCUT2D eigenvalue weighted by Crippen LogP contribution is 2.30. The van der Waals surface area contributed by atoms with Gasteiger partial charge in [0, 0.05) is 24.5 Å². The third-order valence-electron chi connectivity index (χ3n) is 5.54. The number of nitrogens with one attached hydrogen (secondary N) is 1. The maximum atomic E-state index is 13.6. The quantitative estimate of drug-likeness (QED) is 0.327. The summed E-state index contributed by atoms with van der Waals surface area (Å²) in [5.41, 5.74) is 4.79. The Morgan fingerprint density at radius 3 is 2.66 bits per heavy atom. The average Bonchev–Trinajstić information content (AvgIpc) is 2.89. The number of carbonyl (C=O) groups is 1. The number of carbonyl (C=O) groups excluding carboxylic acids is 1. The molecule has 4 aromatic rings. The van der Waals surface area contributed by atoms with Gasteiger partial charge in [-0.15, -0.1) is 0 Å². The summed E-state index contributed by atoms with van der Waals surface area (Å²) in [6.07, 6.45) is 5.02. The van der Waals surface area contributed by atoms with Crippen LogP contribution in [0.4, 0.5) is 15.9 Å². The number of nitrogens with zero attached hydrogens (tertiary/aromatic N) is 4. The fourth-order valence-corrected chi connectivity index (χ4v) is 3.86. The van der Waals surface area contributed by atoms with E-state index < -0.39 is 0 Å². The van der Waals surface area contributed by atoms with E-state index in [-0.39, 0.29) is 12.2 Å². The number of pyridine rings is 2. The van der Waals surface area contributed by atoms with Crippen LogP contribution in [0, 0.1) is 17.1 Å². The van der Waals surface area contributed by atoms with Crippen LogP contribution in [0.25, 0.3) is 11.3 Å². The van der Waals surface area contributed by atoms with Crippen molar-refractivity contribution in [3.63, 3.8) is 0 Å². The normalized spacial score (nSPS) is 10.4. The third kappa shape index (κ3) is 6.06. The first-order valence-corrected chi connectivity index (χ1v) is 11.2. The van der Waals surface area contributed by atoms with Crippen LogP contribution < -0.4 is 10.2 Å². The smallest absolute Gasteiger partial charge is 0.214 e. The second kappa shape index (κ2) is 11.5. The fourth-order valence-electron chi connectivity index (χ4n) is 3.86. The standard InChI is InChI=1S/C28H24FN5O/c29-24-8-3-5-21(17-24)13-16-32-28-27(34(20-35)19-22-6-4-15-31-18-22)11-10-26(33-28)25-9-2-1-7-23(25)12-14-30/h1-11,15,17-18,20H,12-13,16,19H2,(H,32,33). The molecule has 1 N–H and O–H groups in total. The summed E-state index contributed by atoms with van der Waals surface area (Å²) in [5.74, 6) is 0.252. The Balaban J connectivity index is 1.66. The minimum absolute atomic E-state index is 0.267. The molecule has 0 radical (unpaired) electrons. The molecule has 7 heteroatoms. The Morgan fingerprint density at radius 1 is 1.03 bits per heavy atom. The molecule has 174 valence electrons. The van der Waals surface area contributed by atoms with Crippen LogP contribution in [0.15, 0.2) is 85.2 Å². The zero-order valence-electron chi connectivity index (χ0n) is 19.1. The van der Waals surface area contributed by atoms with Gasteiger partial charge in [-0.05, 0) is 53.4 Å². The van der Waals surface area contributed by atoms with Crippen molar-refractivity contribution in [1.29, 1.82) is 5.26 Å². The van der Waals surface area contributed by atoms with Gasteiger partial charge < -0.3 is 10.2 Å². The van der Waals surface area contributed by atoms with Gasteiger partial charge in [-0.3, -0.25) is 9.78 Å². The Morgan fingerprint density at radius 2 is 1.89 bits per heavy atom. The first-order chi connectivity index (χ1) is 17.2. The summed E-state index contributed by atoms with van der Waals surface area (Å²) < 4.78 is 13.6. The number of hydrogen-bond donors (Lipinski definition) is 1. The summed E-state index contributed by atoms with van der Waals surface area (Å²) in [4.78, 5) is 22.6. The van der Waals surface area contributed by atoms with E-state index in [0.29, 0.717) is 36.7 Å². The molecule has 6 nitrogen and oxygen atoms in total. The summed E-state index contributed by atoms with van der Waals surface area (Å²) >= 11 is 0. The molecule has 2 heterocycles. The highest BCUT2D eigenvalue weighted by Gasteiger charge is 2.16. The molecule has 0 saturated carbocycles. The topological polar surface area (TPSA) is 81.9 Å². The van der Waals surface area contributed by atoms with Crippen molar-refractivity contribution in [3.8, 4) is 17.3 Å². The van der Waals surface area contributed by atoms with Gasteiger partial charge in [0.15, 0.2) is 5.82 Å². The number of amides is 1. The van der Waals surface area contributed by atoms with E-state index >= 15 is 0 Å². The van der Waals surface area contributed by atoms with Gasteiger partial charge in [0.05, 0.1) is 30.4 Å². The minimum Gasteiger partial charge on any atom is -0.368 e. The molecule has 0 saturated heterocycles. The number of hydrogen-bond acceptors (Lipinski definition) is 5. The molecule has 2 aromatic heterocycles. The molecule has 0 fully saturated rings. The summed E-state index contributed by atoms with van der Waals surface area (Å²) in [7, 11) is 0. The van der Waals surface area contributed by atoms with Crippen molar-refractivity contribution < 1.29 is 9.18 Å². The van der Waals surface area contributed by atoms with Gasteiger partial charge in [-0.1, -0.05) is 42.5 Å². The van der Waals surface area contributed by atoms with Crippen LogP contribution >= 0.6 is 0 Å². The second-order valence-corrected chi connectivity index (χ2v) is 7.96. The second-order valence-electron chi connectivity index (χ2n) is 7.96. The van der Waals surface area contributed by atoms with Crippen LogP contribution in [-0.4, -0.2) is 22.9 Å². The van der Waals surface area contributed by atoms with Crippen LogP contribution in [0.5, 0.6) is 0 Å². The van der Waals surface area contributed by atoms with E-state index in [1.807, 2.05) is 54.6 Å². The van der Waals surface area contributed by atoms with Crippen LogP contribution in [0.3, 0.4) is 0 Å². The number of halogens is 1. The summed E-state index contributed by atoms with van der Waals surface area (Å²) in [6, 6.07) is 23.7. The van der Waals surface area contributed by atoms with Crippen molar-refractivity contribution in [2.75, 3.05) is 16.8 Å². The molecule has 0 aliphatic carbocycles. The minimum atomic E-state index is -0.277. The van der Waals surface area contributed by atoms with Gasteiger partial charge >= 0.3 is 0 Å². The van der Waals surface area contributed by atoms with Crippen molar-refractivity contribution in [2.45, 2.75) is 19.4 Å². The Bertz CT molecular complexity index is 1340. The van der Waals surface area contributed by atoms with Gasteiger partial charge in [-0.25, -0.2) is 9.37 Å². The SMILES string of the molecule is N#CCc1ccccc1-c1ccc(N(C=O)Cc2cccnc2)c(NCCc2cccc(F)c2)n1. The zero-order chi connectivity index (χ0) is 24.5. The van der Waals surface area contributed by atoms with Crippen LogP contribution in [0.2, 0.25) is 0 Å². The molecule has 1 amide bonds. The van der Waals surface area contributed by atoms with Crippen molar-refractivity contribution in [3.05, 3.63) is 108 Å². The molecule has 35 heavy (non-hydrogen) atoms. The van der Waals surface area contributed by atoms with Crippen molar-refractivity contribution >= 4 is 17.9 Å². The molecule has 0 aliphatic rings. The Kier molecular flexibility index (Phi) is 7.77. The highest BCUT2D eigenvalue weighted by molar-refractivity contribution is 5.83. The van der Waals surface area contributed by atoms with E-state index in [1.165, 1.54) is 12.1 Å². The summed E-state index contributed by atoms with van der Waals surface area (Å²) in [6.45, 7) is 0.828. The number of benzene rings is 2. The number of nitriles is 1. The number of rotatable bonds is 10. The number of aromatic nitrogens is 2. The molecule has 0 aliphatic heterocycles. The van der Waals surface area contributed by atoms with E-state index in [1.54, 1.807) is 23.4 Å². The monoisotopic (exact) mass is 465 g/mol. The van der Waals surface area contributed by atoms with E-state index in [9.17, 15) is 14.4 Å². The van der Waals surface area contributed by atoms with E-state index in [0.717, 1.165) is 28.7 Å². The largest absolute Gasteiger partial charge is 0.368 e. The molecule has 2 aromatic carbocycles. The lowest BCUT2D eigenvalue weighted by atomic mass is 10.0. The maximum Gasteiger partial charge on any atom is 0.214 e. The van der Waals surface area contributed by atoms with Gasteiger partial charge in [-0.2, -0.15) is 5.26 Å². The van der Waals surface area contributed by atoms with Crippen LogP contribution in [-0.2, 0) is 24.2 Å². The first-order valence-electron chi connectivity index (χ1n) is 11.2. The maximum absolute atomic E-state index is 13.6. The van der Waals surface area contributed by atoms with Gasteiger partial charge in [0.2, 0.25) is 6.41 Å².